The van der Waals surface area contributed by atoms with E-state index in [1.807, 2.05) is 12.2 Å². The maximum absolute atomic E-state index is 11.9. The quantitative estimate of drug-likeness (QED) is 0.0449. The minimum Gasteiger partial charge on any atom is -0.463 e. The first kappa shape index (κ1) is 41.0. The number of esters is 2. The molecule has 0 aliphatic rings. The third-order valence-corrected chi connectivity index (χ3v) is 7.62. The van der Waals surface area contributed by atoms with Gasteiger partial charge in [-0.1, -0.05) is 115 Å². The number of carbonyl (C=O) groups excluding carboxylic acids is 2. The van der Waals surface area contributed by atoms with Crippen LogP contribution in [0.2, 0.25) is 0 Å². The lowest BCUT2D eigenvalue weighted by Gasteiger charge is -2.16. The number of carbonyl (C=O) groups is 2. The predicted molar refractivity (Wildman–Crippen MR) is 176 cm³/mol. The van der Waals surface area contributed by atoms with Crippen LogP contribution < -0.4 is 0 Å². The summed E-state index contributed by atoms with van der Waals surface area (Å²) in [6.07, 6.45) is 26.7. The lowest BCUT2D eigenvalue weighted by atomic mass is 10.00. The average Bonchev–Trinajstić information content (AvgIpc) is 3.00. The standard InChI is InChI=1S/C36H64O7/c1-4-6-7-8-9-10-11-12-13-14-18-21-25-33(38)34(39)26-23-28-36(41)43-30-32(37)29-42-35(40)27-22-19-16-15-17-20-24-31(3)5-2/h9-10,12-13,18,21,31-34,37-39H,4-8,11,14-17,19-20,22-30H2,1-3H3/b10-9-,13-12-,21-18-/t31?,32-,33?,34?/m1/s1. The molecule has 0 spiro atoms. The Morgan fingerprint density at radius 3 is 1.81 bits per heavy atom. The van der Waals surface area contributed by atoms with Crippen molar-refractivity contribution in [2.75, 3.05) is 13.2 Å². The second-order valence-corrected chi connectivity index (χ2v) is 11.8. The van der Waals surface area contributed by atoms with Crippen LogP contribution >= 0.6 is 0 Å². The highest BCUT2D eigenvalue weighted by Gasteiger charge is 2.16. The van der Waals surface area contributed by atoms with E-state index in [-0.39, 0.29) is 32.0 Å². The van der Waals surface area contributed by atoms with E-state index in [0.29, 0.717) is 19.3 Å². The SMILES string of the molecule is CCCCC/C=C\C/C=C\C/C=C\CC(O)C(O)CCCC(=O)OC[C@H](O)COC(=O)CCCCCCCCC(C)CC. The van der Waals surface area contributed by atoms with Gasteiger partial charge in [-0.3, -0.25) is 9.59 Å². The third-order valence-electron chi connectivity index (χ3n) is 7.62. The molecule has 0 fully saturated rings. The van der Waals surface area contributed by atoms with Gasteiger partial charge in [0.2, 0.25) is 0 Å². The van der Waals surface area contributed by atoms with Crippen molar-refractivity contribution in [1.82, 2.24) is 0 Å². The average molecular weight is 609 g/mol. The van der Waals surface area contributed by atoms with Crippen LogP contribution in [0, 0.1) is 5.92 Å². The second-order valence-electron chi connectivity index (χ2n) is 11.8. The molecule has 0 aliphatic heterocycles. The highest BCUT2D eigenvalue weighted by atomic mass is 16.6. The number of unbranched alkanes of at least 4 members (excludes halogenated alkanes) is 8. The fourth-order valence-electron chi connectivity index (χ4n) is 4.46. The van der Waals surface area contributed by atoms with Gasteiger partial charge >= 0.3 is 11.9 Å². The van der Waals surface area contributed by atoms with Crippen molar-refractivity contribution < 1.29 is 34.4 Å². The molecule has 7 heteroatoms. The second kappa shape index (κ2) is 30.1. The molecular weight excluding hydrogens is 544 g/mol. The van der Waals surface area contributed by atoms with Crippen LogP contribution in [0.15, 0.2) is 36.5 Å². The molecule has 0 heterocycles. The Bertz CT molecular complexity index is 746. The van der Waals surface area contributed by atoms with Crippen LogP contribution in [0.3, 0.4) is 0 Å². The van der Waals surface area contributed by atoms with Crippen molar-refractivity contribution in [2.45, 2.75) is 161 Å². The molecule has 250 valence electrons. The Morgan fingerprint density at radius 2 is 1.19 bits per heavy atom. The topological polar surface area (TPSA) is 113 Å². The van der Waals surface area contributed by atoms with E-state index in [1.54, 1.807) is 0 Å². The van der Waals surface area contributed by atoms with E-state index >= 15 is 0 Å². The number of rotatable bonds is 29. The van der Waals surface area contributed by atoms with Gasteiger partial charge in [0.25, 0.3) is 0 Å². The minimum atomic E-state index is -1.07. The Morgan fingerprint density at radius 1 is 0.628 bits per heavy atom. The van der Waals surface area contributed by atoms with Crippen LogP contribution in [0.1, 0.15) is 143 Å². The summed E-state index contributed by atoms with van der Waals surface area (Å²) < 4.78 is 10.1. The smallest absolute Gasteiger partial charge is 0.305 e. The van der Waals surface area contributed by atoms with Gasteiger partial charge in [-0.05, 0) is 57.3 Å². The summed E-state index contributed by atoms with van der Waals surface area (Å²) in [5.41, 5.74) is 0. The van der Waals surface area contributed by atoms with E-state index in [4.69, 9.17) is 9.47 Å². The zero-order valence-electron chi connectivity index (χ0n) is 27.6. The molecule has 0 aromatic rings. The predicted octanol–water partition coefficient (Wildman–Crippen LogP) is 7.91. The van der Waals surface area contributed by atoms with Crippen LogP contribution in [0.25, 0.3) is 0 Å². The van der Waals surface area contributed by atoms with Crippen molar-refractivity contribution >= 4 is 11.9 Å². The summed E-state index contributed by atoms with van der Waals surface area (Å²) in [7, 11) is 0. The van der Waals surface area contributed by atoms with Gasteiger partial charge in [-0.25, -0.2) is 0 Å². The molecule has 3 unspecified atom stereocenters. The first-order valence-corrected chi connectivity index (χ1v) is 17.1. The van der Waals surface area contributed by atoms with Gasteiger partial charge in [-0.2, -0.15) is 0 Å². The van der Waals surface area contributed by atoms with Crippen LogP contribution in [0.4, 0.5) is 0 Å². The molecular formula is C36H64O7. The van der Waals surface area contributed by atoms with Gasteiger partial charge in [0.1, 0.15) is 19.3 Å². The number of ether oxygens (including phenoxy) is 2. The fourth-order valence-corrected chi connectivity index (χ4v) is 4.46. The largest absolute Gasteiger partial charge is 0.463 e. The van der Waals surface area contributed by atoms with E-state index in [2.05, 4.69) is 45.1 Å². The lowest BCUT2D eigenvalue weighted by molar-refractivity contribution is -0.152. The van der Waals surface area contributed by atoms with E-state index in [1.165, 1.54) is 51.4 Å². The molecule has 3 N–H and O–H groups in total. The van der Waals surface area contributed by atoms with Gasteiger partial charge in [0, 0.05) is 12.8 Å². The van der Waals surface area contributed by atoms with Crippen LogP contribution in [0.5, 0.6) is 0 Å². The van der Waals surface area contributed by atoms with Crippen LogP contribution in [-0.4, -0.2) is 58.8 Å². The molecule has 0 bridgehead atoms. The Labute approximate surface area is 262 Å². The number of aliphatic hydroxyl groups excluding tert-OH is 3. The van der Waals surface area contributed by atoms with Gasteiger partial charge in [-0.15, -0.1) is 0 Å². The molecule has 43 heavy (non-hydrogen) atoms. The molecule has 0 aromatic carbocycles. The zero-order valence-corrected chi connectivity index (χ0v) is 27.6. The normalized spacial score (nSPS) is 14.8. The van der Waals surface area contributed by atoms with Crippen molar-refractivity contribution in [1.29, 1.82) is 0 Å². The molecule has 0 amide bonds. The molecule has 4 atom stereocenters. The number of hydrogen-bond acceptors (Lipinski definition) is 7. The van der Waals surface area contributed by atoms with Crippen LogP contribution in [-0.2, 0) is 19.1 Å². The molecule has 0 aliphatic carbocycles. The van der Waals surface area contributed by atoms with Crippen molar-refractivity contribution in [3.63, 3.8) is 0 Å². The maximum Gasteiger partial charge on any atom is 0.305 e. The molecule has 0 radical (unpaired) electrons. The Balaban J connectivity index is 3.77. The Kier molecular flexibility index (Phi) is 28.7. The highest BCUT2D eigenvalue weighted by Crippen LogP contribution is 2.15. The third kappa shape index (κ3) is 28.6. The molecule has 0 aromatic heterocycles. The summed E-state index contributed by atoms with van der Waals surface area (Å²) in [5.74, 6) is -0.0397. The number of hydrogen-bond donors (Lipinski definition) is 3. The monoisotopic (exact) mass is 608 g/mol. The molecule has 7 nitrogen and oxygen atoms in total. The van der Waals surface area contributed by atoms with E-state index < -0.39 is 24.3 Å². The first-order valence-electron chi connectivity index (χ1n) is 17.1. The summed E-state index contributed by atoms with van der Waals surface area (Å²) in [4.78, 5) is 23.8. The zero-order chi connectivity index (χ0) is 32.0. The van der Waals surface area contributed by atoms with E-state index in [9.17, 15) is 24.9 Å². The lowest BCUT2D eigenvalue weighted by Crippen LogP contribution is -2.26. The molecule has 0 rings (SSSR count). The van der Waals surface area contributed by atoms with Crippen molar-refractivity contribution in [3.05, 3.63) is 36.5 Å². The van der Waals surface area contributed by atoms with Gasteiger partial charge in [0.05, 0.1) is 12.2 Å². The first-order chi connectivity index (χ1) is 20.8. The fraction of sp³-hybridized carbons (Fsp3) is 0.778. The summed E-state index contributed by atoms with van der Waals surface area (Å²) >= 11 is 0. The van der Waals surface area contributed by atoms with E-state index in [0.717, 1.165) is 44.4 Å². The van der Waals surface area contributed by atoms with Gasteiger partial charge < -0.3 is 24.8 Å². The number of allylic oxidation sites excluding steroid dienone is 5. The molecule has 0 saturated heterocycles. The summed E-state index contributed by atoms with van der Waals surface area (Å²) in [6.45, 7) is 6.28. The maximum atomic E-state index is 11.9. The van der Waals surface area contributed by atoms with Gasteiger partial charge in [0.15, 0.2) is 0 Å². The minimum absolute atomic E-state index is 0.0710. The Hall–Kier alpha value is -1.96. The summed E-state index contributed by atoms with van der Waals surface area (Å²) in [5, 5.41) is 30.2. The van der Waals surface area contributed by atoms with Crippen molar-refractivity contribution in [2.24, 2.45) is 5.92 Å². The molecule has 0 saturated carbocycles. The highest BCUT2D eigenvalue weighted by molar-refractivity contribution is 5.69. The van der Waals surface area contributed by atoms with Crippen molar-refractivity contribution in [3.8, 4) is 0 Å². The summed E-state index contributed by atoms with van der Waals surface area (Å²) in [6, 6.07) is 0. The number of aliphatic hydroxyl groups is 3.